The Kier molecular flexibility index (Phi) is 67.4. The van der Waals surface area contributed by atoms with Crippen molar-refractivity contribution in [2.24, 2.45) is 11.8 Å². The van der Waals surface area contributed by atoms with Crippen molar-refractivity contribution in [2.75, 3.05) is 39.6 Å². The van der Waals surface area contributed by atoms with Gasteiger partial charge in [0.2, 0.25) is 0 Å². The van der Waals surface area contributed by atoms with Crippen molar-refractivity contribution >= 4 is 39.5 Å². The fourth-order valence-corrected chi connectivity index (χ4v) is 13.4. The highest BCUT2D eigenvalue weighted by atomic mass is 31.2. The zero-order valence-electron chi connectivity index (χ0n) is 62.7. The molecule has 0 aromatic heterocycles. The summed E-state index contributed by atoms with van der Waals surface area (Å²) in [5, 5.41) is 10.6. The number of hydrogen-bond acceptors (Lipinski definition) is 15. The Morgan fingerprint density at radius 2 is 0.479 bits per heavy atom. The molecule has 5 atom stereocenters. The van der Waals surface area contributed by atoms with Crippen molar-refractivity contribution in [1.29, 1.82) is 0 Å². The number of aliphatic hydroxyl groups excluding tert-OH is 1. The monoisotopic (exact) mass is 1410 g/mol. The Labute approximate surface area is 588 Å². The van der Waals surface area contributed by atoms with E-state index < -0.39 is 97.5 Å². The highest BCUT2D eigenvalue weighted by Gasteiger charge is 2.30. The maximum atomic E-state index is 13.1. The molecule has 0 saturated heterocycles. The Bertz CT molecular complexity index is 1860. The summed E-state index contributed by atoms with van der Waals surface area (Å²) in [6.07, 6.45) is 57.0. The molecule has 0 saturated carbocycles. The van der Waals surface area contributed by atoms with E-state index in [0.29, 0.717) is 25.7 Å². The molecule has 0 heterocycles. The van der Waals surface area contributed by atoms with Gasteiger partial charge < -0.3 is 33.8 Å². The van der Waals surface area contributed by atoms with Gasteiger partial charge in [0.25, 0.3) is 0 Å². The lowest BCUT2D eigenvalue weighted by molar-refractivity contribution is -0.161. The van der Waals surface area contributed by atoms with Crippen molar-refractivity contribution in [3.05, 3.63) is 0 Å². The number of carbonyl (C=O) groups is 4. The molecule has 96 heavy (non-hydrogen) atoms. The molecule has 0 aliphatic rings. The molecule has 17 nitrogen and oxygen atoms in total. The first-order chi connectivity index (χ1) is 46.4. The fourth-order valence-electron chi connectivity index (χ4n) is 11.8. The van der Waals surface area contributed by atoms with Crippen LogP contribution in [0.15, 0.2) is 0 Å². The summed E-state index contributed by atoms with van der Waals surface area (Å²) in [4.78, 5) is 72.8. The van der Waals surface area contributed by atoms with E-state index in [1.54, 1.807) is 0 Å². The van der Waals surface area contributed by atoms with Gasteiger partial charge in [-0.2, -0.15) is 0 Å². The lowest BCUT2D eigenvalue weighted by atomic mass is 10.0. The summed E-state index contributed by atoms with van der Waals surface area (Å²) < 4.78 is 68.5. The smallest absolute Gasteiger partial charge is 0.462 e. The highest BCUT2D eigenvalue weighted by Crippen LogP contribution is 2.45. The third kappa shape index (κ3) is 70.5. The average molecular weight is 1410 g/mol. The van der Waals surface area contributed by atoms with E-state index >= 15 is 0 Å². The van der Waals surface area contributed by atoms with Crippen LogP contribution in [-0.2, 0) is 65.4 Å². The maximum Gasteiger partial charge on any atom is 0.472 e. The van der Waals surface area contributed by atoms with Gasteiger partial charge in [0.1, 0.15) is 19.3 Å². The van der Waals surface area contributed by atoms with Gasteiger partial charge in [-0.1, -0.05) is 350 Å². The summed E-state index contributed by atoms with van der Waals surface area (Å²) in [7, 11) is -9.91. The van der Waals surface area contributed by atoms with Gasteiger partial charge in [-0.25, -0.2) is 9.13 Å². The molecular formula is C77H150O17P2. The number of aliphatic hydroxyl groups is 1. The summed E-state index contributed by atoms with van der Waals surface area (Å²) in [6, 6.07) is 0. The van der Waals surface area contributed by atoms with Crippen LogP contribution in [0.1, 0.15) is 401 Å². The zero-order chi connectivity index (χ0) is 70.7. The standard InChI is InChI=1S/C77H150O17P2/c1-7-9-11-13-15-17-19-21-22-23-24-25-26-27-28-29-31-35-44-50-56-62-77(82)93-72(65-87-74(79)59-53-47-41-36-32-33-39-45-51-57-69(3)4)67-91-95(83,84)89-63-71(78)64-90-96(85,86)92-68-73(66-88-75(80)60-54-48-42-38-37-40-46-52-58-70(5)6)94-76(81)61-55-49-43-34-30-20-18-16-14-12-10-8-2/h69-73,78H,7-68H2,1-6H3,(H,83,84)(H,85,86)/t71-,72-,73-/m1/s1. The second-order valence-electron chi connectivity index (χ2n) is 28.7. The van der Waals surface area contributed by atoms with E-state index in [1.807, 2.05) is 0 Å². The first kappa shape index (κ1) is 94.1. The zero-order valence-corrected chi connectivity index (χ0v) is 64.5. The number of ether oxygens (including phenoxy) is 4. The lowest BCUT2D eigenvalue weighted by Crippen LogP contribution is -2.30. The number of phosphoric acid groups is 2. The number of esters is 4. The van der Waals surface area contributed by atoms with E-state index in [0.717, 1.165) is 102 Å². The Morgan fingerprint density at radius 1 is 0.281 bits per heavy atom. The molecule has 570 valence electrons. The lowest BCUT2D eigenvalue weighted by Gasteiger charge is -2.21. The molecule has 19 heteroatoms. The number of carbonyl (C=O) groups excluding carboxylic acids is 4. The van der Waals surface area contributed by atoms with Gasteiger partial charge in [-0.15, -0.1) is 0 Å². The van der Waals surface area contributed by atoms with Crippen LogP contribution in [0.3, 0.4) is 0 Å². The minimum atomic E-state index is -4.96. The van der Waals surface area contributed by atoms with Crippen LogP contribution < -0.4 is 0 Å². The van der Waals surface area contributed by atoms with Gasteiger partial charge in [0.05, 0.1) is 26.4 Å². The van der Waals surface area contributed by atoms with E-state index in [-0.39, 0.29) is 25.7 Å². The molecule has 0 bridgehead atoms. The molecule has 3 N–H and O–H groups in total. The van der Waals surface area contributed by atoms with Crippen molar-refractivity contribution in [2.45, 2.75) is 419 Å². The minimum absolute atomic E-state index is 0.107. The van der Waals surface area contributed by atoms with Crippen molar-refractivity contribution < 1.29 is 80.2 Å². The average Bonchev–Trinajstić information content (AvgIpc) is 1.11. The Hall–Kier alpha value is -1.94. The fraction of sp³-hybridized carbons (Fsp3) is 0.948. The summed E-state index contributed by atoms with van der Waals surface area (Å²) in [5.41, 5.74) is 0. The van der Waals surface area contributed by atoms with Gasteiger partial charge in [-0.05, 0) is 37.5 Å². The van der Waals surface area contributed by atoms with Crippen LogP contribution in [0, 0.1) is 11.8 Å². The van der Waals surface area contributed by atoms with Gasteiger partial charge in [0, 0.05) is 25.7 Å². The van der Waals surface area contributed by atoms with Gasteiger partial charge in [0.15, 0.2) is 12.2 Å². The predicted octanol–water partition coefficient (Wildman–Crippen LogP) is 22.7. The van der Waals surface area contributed by atoms with Crippen LogP contribution in [-0.4, -0.2) is 96.7 Å². The highest BCUT2D eigenvalue weighted by molar-refractivity contribution is 7.47. The largest absolute Gasteiger partial charge is 0.472 e. The quantitative estimate of drug-likeness (QED) is 0.0222. The molecular weight excluding hydrogens is 1260 g/mol. The molecule has 0 aromatic carbocycles. The molecule has 0 rings (SSSR count). The van der Waals surface area contributed by atoms with Crippen LogP contribution in [0.5, 0.6) is 0 Å². The molecule has 0 spiro atoms. The van der Waals surface area contributed by atoms with Crippen molar-refractivity contribution in [1.82, 2.24) is 0 Å². The number of phosphoric ester groups is 2. The minimum Gasteiger partial charge on any atom is -0.462 e. The molecule has 0 fully saturated rings. The summed E-state index contributed by atoms with van der Waals surface area (Å²) in [5.74, 6) is -0.645. The Morgan fingerprint density at radius 3 is 0.708 bits per heavy atom. The molecule has 0 aromatic rings. The number of unbranched alkanes of at least 4 members (excludes halogenated alkanes) is 46. The molecule has 0 aliphatic heterocycles. The maximum absolute atomic E-state index is 13.1. The summed E-state index contributed by atoms with van der Waals surface area (Å²) >= 11 is 0. The second kappa shape index (κ2) is 68.8. The number of hydrogen-bond donors (Lipinski definition) is 3. The van der Waals surface area contributed by atoms with E-state index in [1.165, 1.54) is 218 Å². The molecule has 0 aliphatic carbocycles. The van der Waals surface area contributed by atoms with Crippen LogP contribution in [0.25, 0.3) is 0 Å². The second-order valence-corrected chi connectivity index (χ2v) is 31.6. The van der Waals surface area contributed by atoms with Crippen LogP contribution in [0.2, 0.25) is 0 Å². The normalized spacial score (nSPS) is 14.0. The van der Waals surface area contributed by atoms with Crippen molar-refractivity contribution in [3.8, 4) is 0 Å². The third-order valence-electron chi connectivity index (χ3n) is 18.0. The first-order valence-corrected chi connectivity index (χ1v) is 43.0. The van der Waals surface area contributed by atoms with E-state index in [4.69, 9.17) is 37.0 Å². The van der Waals surface area contributed by atoms with Crippen LogP contribution >= 0.6 is 15.6 Å². The Balaban J connectivity index is 5.20. The summed E-state index contributed by atoms with van der Waals surface area (Å²) in [6.45, 7) is 9.54. The number of rotatable bonds is 76. The van der Waals surface area contributed by atoms with Crippen molar-refractivity contribution in [3.63, 3.8) is 0 Å². The van der Waals surface area contributed by atoms with E-state index in [2.05, 4.69) is 41.5 Å². The molecule has 2 unspecified atom stereocenters. The van der Waals surface area contributed by atoms with Gasteiger partial charge in [-0.3, -0.25) is 37.3 Å². The molecule has 0 amide bonds. The predicted molar refractivity (Wildman–Crippen MR) is 391 cm³/mol. The first-order valence-electron chi connectivity index (χ1n) is 40.0. The molecule has 0 radical (unpaired) electrons. The van der Waals surface area contributed by atoms with Gasteiger partial charge >= 0.3 is 39.5 Å². The van der Waals surface area contributed by atoms with Crippen LogP contribution in [0.4, 0.5) is 0 Å². The topological polar surface area (TPSA) is 237 Å². The SMILES string of the molecule is CCCCCCCCCCCCCCCCCCCCCCCC(=O)O[C@H](COC(=O)CCCCCCCCCCCC(C)C)COP(=O)(O)OC[C@@H](O)COP(=O)(O)OC[C@@H](COC(=O)CCCCCCCCCCC(C)C)OC(=O)CCCCCCCCCCCCCC. The third-order valence-corrected chi connectivity index (χ3v) is 19.9. The van der Waals surface area contributed by atoms with E-state index in [9.17, 15) is 43.2 Å².